The first-order valence-electron chi connectivity index (χ1n) is 14.0. The maximum Gasteiger partial charge on any atom is 0.243 e. The minimum Gasteiger partial charge on any atom is -0.391 e. The Kier molecular flexibility index (Phi) is 13.0. The first kappa shape index (κ1) is 30.7. The van der Waals surface area contributed by atoms with Gasteiger partial charge in [0.15, 0.2) is 0 Å². The Morgan fingerprint density at radius 2 is 1.76 bits per heavy atom. The van der Waals surface area contributed by atoms with Gasteiger partial charge in [0.1, 0.15) is 6.04 Å². The fourth-order valence-corrected chi connectivity index (χ4v) is 5.21. The lowest BCUT2D eigenvalue weighted by Gasteiger charge is -2.33. The van der Waals surface area contributed by atoms with Crippen LogP contribution in [0.3, 0.4) is 0 Å². The molecule has 37 heavy (non-hydrogen) atoms. The molecule has 4 N–H and O–H groups in total. The minimum atomic E-state index is -0.844. The van der Waals surface area contributed by atoms with E-state index in [9.17, 15) is 19.5 Å². The van der Waals surface area contributed by atoms with Gasteiger partial charge in [-0.05, 0) is 42.7 Å². The molecule has 2 rings (SSSR count). The number of hydrogen-bond acceptors (Lipinski definition) is 5. The van der Waals surface area contributed by atoms with E-state index < -0.39 is 18.1 Å². The van der Waals surface area contributed by atoms with Crippen molar-refractivity contribution in [3.8, 4) is 0 Å². The largest absolute Gasteiger partial charge is 0.391 e. The van der Waals surface area contributed by atoms with Gasteiger partial charge in [0.2, 0.25) is 17.7 Å². The van der Waals surface area contributed by atoms with Crippen LogP contribution in [0.4, 0.5) is 0 Å². The lowest BCUT2D eigenvalue weighted by molar-refractivity contribution is -0.134. The maximum absolute atomic E-state index is 13.5. The molecule has 8 heteroatoms. The second-order valence-corrected chi connectivity index (χ2v) is 11.1. The van der Waals surface area contributed by atoms with Gasteiger partial charge in [-0.3, -0.25) is 19.4 Å². The summed E-state index contributed by atoms with van der Waals surface area (Å²) in [5.74, 6) is -0.791. The van der Waals surface area contributed by atoms with E-state index in [1.807, 2.05) is 45.9 Å². The summed E-state index contributed by atoms with van der Waals surface area (Å²) in [5, 5.41) is 20.0. The van der Waals surface area contributed by atoms with Gasteiger partial charge in [-0.15, -0.1) is 0 Å². The summed E-state index contributed by atoms with van der Waals surface area (Å²) in [6, 6.07) is 4.45. The highest BCUT2D eigenvalue weighted by Gasteiger charge is 2.34. The SMILES string of the molecule is CCC(C)[C@@H](NC(=O)[C@H](C[C@H](O)[C@H](CC1CCCCC1)NC(C)=O)C(C)C)C(=O)NCc1ccccn1. The molecule has 1 aliphatic carbocycles. The van der Waals surface area contributed by atoms with Crippen molar-refractivity contribution in [3.63, 3.8) is 0 Å². The van der Waals surface area contributed by atoms with Crippen molar-refractivity contribution < 1.29 is 19.5 Å². The fourth-order valence-electron chi connectivity index (χ4n) is 5.21. The van der Waals surface area contributed by atoms with Crippen molar-refractivity contribution in [3.05, 3.63) is 30.1 Å². The van der Waals surface area contributed by atoms with E-state index in [4.69, 9.17) is 0 Å². The average molecular weight is 517 g/mol. The Bertz CT molecular complexity index is 842. The second-order valence-electron chi connectivity index (χ2n) is 11.1. The number of amides is 3. The number of carbonyl (C=O) groups is 3. The van der Waals surface area contributed by atoms with Crippen LogP contribution < -0.4 is 16.0 Å². The van der Waals surface area contributed by atoms with Crippen molar-refractivity contribution >= 4 is 17.7 Å². The predicted molar refractivity (Wildman–Crippen MR) is 145 cm³/mol. The van der Waals surface area contributed by atoms with E-state index in [0.29, 0.717) is 5.92 Å². The van der Waals surface area contributed by atoms with Crippen LogP contribution in [0.2, 0.25) is 0 Å². The zero-order valence-electron chi connectivity index (χ0n) is 23.3. The highest BCUT2D eigenvalue weighted by atomic mass is 16.3. The summed E-state index contributed by atoms with van der Waals surface area (Å²) in [7, 11) is 0. The Morgan fingerprint density at radius 3 is 2.32 bits per heavy atom. The van der Waals surface area contributed by atoms with E-state index in [2.05, 4.69) is 20.9 Å². The number of hydrogen-bond donors (Lipinski definition) is 4. The first-order chi connectivity index (χ1) is 17.6. The normalized spacial score (nSPS) is 18.4. The summed E-state index contributed by atoms with van der Waals surface area (Å²) in [4.78, 5) is 42.7. The van der Waals surface area contributed by atoms with Crippen LogP contribution in [0.15, 0.2) is 24.4 Å². The predicted octanol–water partition coefficient (Wildman–Crippen LogP) is 3.73. The van der Waals surface area contributed by atoms with E-state index >= 15 is 0 Å². The summed E-state index contributed by atoms with van der Waals surface area (Å²) in [6.45, 7) is 9.59. The molecule has 0 aromatic carbocycles. The summed E-state index contributed by atoms with van der Waals surface area (Å²) in [6.07, 6.45) is 8.34. The van der Waals surface area contributed by atoms with E-state index in [1.54, 1.807) is 6.20 Å². The molecule has 0 saturated heterocycles. The molecule has 8 nitrogen and oxygen atoms in total. The van der Waals surface area contributed by atoms with Gasteiger partial charge in [-0.2, -0.15) is 0 Å². The molecule has 0 aliphatic heterocycles. The topological polar surface area (TPSA) is 120 Å². The third-order valence-electron chi connectivity index (χ3n) is 7.77. The quantitative estimate of drug-likeness (QED) is 0.300. The second kappa shape index (κ2) is 15.7. The number of pyridine rings is 1. The van der Waals surface area contributed by atoms with Gasteiger partial charge in [0.25, 0.3) is 0 Å². The summed E-state index contributed by atoms with van der Waals surface area (Å²) in [5.41, 5.74) is 0.746. The van der Waals surface area contributed by atoms with Gasteiger partial charge in [-0.25, -0.2) is 0 Å². The van der Waals surface area contributed by atoms with Crippen molar-refractivity contribution in [1.29, 1.82) is 0 Å². The van der Waals surface area contributed by atoms with Crippen LogP contribution in [0.1, 0.15) is 91.7 Å². The van der Waals surface area contributed by atoms with Crippen molar-refractivity contribution in [1.82, 2.24) is 20.9 Å². The molecule has 1 aliphatic rings. The molecule has 1 aromatic heterocycles. The summed E-state index contributed by atoms with van der Waals surface area (Å²) < 4.78 is 0. The Hall–Kier alpha value is -2.48. The van der Waals surface area contributed by atoms with E-state index in [-0.39, 0.29) is 48.6 Å². The maximum atomic E-state index is 13.5. The average Bonchev–Trinajstić information content (AvgIpc) is 2.88. The molecule has 1 aromatic rings. The molecule has 1 fully saturated rings. The molecule has 0 spiro atoms. The van der Waals surface area contributed by atoms with Gasteiger partial charge in [-0.1, -0.05) is 72.3 Å². The molecule has 0 radical (unpaired) electrons. The third kappa shape index (κ3) is 10.4. The third-order valence-corrected chi connectivity index (χ3v) is 7.77. The van der Waals surface area contributed by atoms with E-state index in [1.165, 1.54) is 26.2 Å². The number of nitrogens with zero attached hydrogens (tertiary/aromatic N) is 1. The van der Waals surface area contributed by atoms with Crippen LogP contribution in [-0.4, -0.2) is 46.0 Å². The molecule has 1 saturated carbocycles. The standard InChI is InChI=1S/C29H48N4O4/c1-6-20(4)27(29(37)31-18-23-14-10-11-15-30-23)33-28(36)24(19(2)3)17-26(35)25(32-21(5)34)16-22-12-8-7-9-13-22/h10-11,14-15,19-20,22,24-27,35H,6-9,12-13,16-18H2,1-5H3,(H,31,37)(H,32,34)(H,33,36)/t20?,24-,25+,26+,27-/m1/s1. The van der Waals surface area contributed by atoms with Crippen molar-refractivity contribution in [2.45, 2.75) is 111 Å². The van der Waals surface area contributed by atoms with Crippen LogP contribution in [0.25, 0.3) is 0 Å². The number of carbonyl (C=O) groups excluding carboxylic acids is 3. The zero-order chi connectivity index (χ0) is 27.4. The van der Waals surface area contributed by atoms with Gasteiger partial charge >= 0.3 is 0 Å². The highest BCUT2D eigenvalue weighted by molar-refractivity contribution is 5.88. The number of aliphatic hydroxyl groups excluding tert-OH is 1. The van der Waals surface area contributed by atoms with Crippen LogP contribution in [0, 0.1) is 23.7 Å². The smallest absolute Gasteiger partial charge is 0.243 e. The Labute approximate surface area is 222 Å². The fraction of sp³-hybridized carbons (Fsp3) is 0.724. The van der Waals surface area contributed by atoms with E-state index in [0.717, 1.165) is 31.4 Å². The van der Waals surface area contributed by atoms with Gasteiger partial charge in [0.05, 0.1) is 24.4 Å². The minimum absolute atomic E-state index is 0.0449. The van der Waals surface area contributed by atoms with Crippen molar-refractivity contribution in [2.75, 3.05) is 0 Å². The lowest BCUT2D eigenvalue weighted by atomic mass is 9.81. The van der Waals surface area contributed by atoms with Gasteiger partial charge in [0, 0.05) is 19.0 Å². The molecule has 1 unspecified atom stereocenters. The van der Waals surface area contributed by atoms with Crippen LogP contribution in [-0.2, 0) is 20.9 Å². The molecule has 0 bridgehead atoms. The number of aromatic nitrogens is 1. The highest BCUT2D eigenvalue weighted by Crippen LogP contribution is 2.29. The van der Waals surface area contributed by atoms with Crippen LogP contribution in [0.5, 0.6) is 0 Å². The zero-order valence-corrected chi connectivity index (χ0v) is 23.3. The lowest BCUT2D eigenvalue weighted by Crippen LogP contribution is -2.53. The Balaban J connectivity index is 2.07. The summed E-state index contributed by atoms with van der Waals surface area (Å²) >= 11 is 0. The molecule has 5 atom stereocenters. The number of rotatable bonds is 14. The monoisotopic (exact) mass is 516 g/mol. The molecular formula is C29H48N4O4. The molecule has 3 amide bonds. The molecule has 1 heterocycles. The van der Waals surface area contributed by atoms with Crippen LogP contribution >= 0.6 is 0 Å². The molecule has 208 valence electrons. The number of nitrogens with one attached hydrogen (secondary N) is 3. The first-order valence-corrected chi connectivity index (χ1v) is 14.0. The number of aliphatic hydroxyl groups is 1. The molecular weight excluding hydrogens is 468 g/mol. The van der Waals surface area contributed by atoms with Crippen molar-refractivity contribution in [2.24, 2.45) is 23.7 Å². The Morgan fingerprint density at radius 1 is 1.05 bits per heavy atom. The van der Waals surface area contributed by atoms with Gasteiger partial charge < -0.3 is 21.1 Å².